The highest BCUT2D eigenvalue weighted by Gasteiger charge is 2.28. The van der Waals surface area contributed by atoms with Crippen LogP contribution in [0.25, 0.3) is 0 Å². The number of hydrogen-bond acceptors (Lipinski definition) is 3. The third-order valence-corrected chi connectivity index (χ3v) is 3.34. The van der Waals surface area contributed by atoms with E-state index in [-0.39, 0.29) is 24.8 Å². The van der Waals surface area contributed by atoms with Crippen molar-refractivity contribution in [1.82, 2.24) is 15.1 Å². The summed E-state index contributed by atoms with van der Waals surface area (Å²) >= 11 is 0. The van der Waals surface area contributed by atoms with E-state index < -0.39 is 0 Å². The maximum Gasteiger partial charge on any atom is 0.0164 e. The molecule has 1 aliphatic heterocycles. The lowest BCUT2D eigenvalue weighted by Crippen LogP contribution is -2.46. The van der Waals surface area contributed by atoms with Gasteiger partial charge in [-0.3, -0.25) is 9.80 Å². The second-order valence-electron chi connectivity index (χ2n) is 4.61. The Morgan fingerprint density at radius 3 is 2.41 bits per heavy atom. The highest BCUT2D eigenvalue weighted by molar-refractivity contribution is 5.85. The normalized spacial score (nSPS) is 20.5. The Bertz CT molecular complexity index is 204. The van der Waals surface area contributed by atoms with Crippen molar-refractivity contribution < 1.29 is 0 Å². The van der Waals surface area contributed by atoms with Gasteiger partial charge >= 0.3 is 0 Å². The van der Waals surface area contributed by atoms with Gasteiger partial charge in [0.25, 0.3) is 0 Å². The molecule has 0 atom stereocenters. The lowest BCUT2D eigenvalue weighted by atomic mass is 10.3. The first-order chi connectivity index (χ1) is 7.40. The maximum atomic E-state index is 3.84. The number of halogens is 2. The van der Waals surface area contributed by atoms with Crippen molar-refractivity contribution >= 4 is 24.8 Å². The van der Waals surface area contributed by atoms with E-state index in [0.717, 1.165) is 25.7 Å². The zero-order chi connectivity index (χ0) is 10.5. The summed E-state index contributed by atoms with van der Waals surface area (Å²) < 4.78 is 0. The van der Waals surface area contributed by atoms with Crippen molar-refractivity contribution in [2.75, 3.05) is 45.8 Å². The minimum absolute atomic E-state index is 0. The van der Waals surface area contributed by atoms with Crippen LogP contribution in [0.15, 0.2) is 12.7 Å². The van der Waals surface area contributed by atoms with Crippen LogP contribution >= 0.6 is 24.8 Å². The van der Waals surface area contributed by atoms with E-state index in [2.05, 4.69) is 21.7 Å². The van der Waals surface area contributed by atoms with Crippen LogP contribution in [0.2, 0.25) is 0 Å². The van der Waals surface area contributed by atoms with Crippen LogP contribution in [-0.4, -0.2) is 61.7 Å². The monoisotopic (exact) mass is 281 g/mol. The minimum Gasteiger partial charge on any atom is -0.314 e. The summed E-state index contributed by atoms with van der Waals surface area (Å²) in [7, 11) is 0. The quantitative estimate of drug-likeness (QED) is 0.743. The molecule has 1 saturated heterocycles. The zero-order valence-electron chi connectivity index (χ0n) is 10.4. The van der Waals surface area contributed by atoms with E-state index in [1.54, 1.807) is 0 Å². The fourth-order valence-corrected chi connectivity index (χ4v) is 2.23. The number of nitrogens with zero attached hydrogens (tertiary/aromatic N) is 2. The third-order valence-electron chi connectivity index (χ3n) is 3.34. The van der Waals surface area contributed by atoms with Gasteiger partial charge in [-0.1, -0.05) is 6.08 Å². The van der Waals surface area contributed by atoms with Crippen molar-refractivity contribution in [2.45, 2.75) is 18.9 Å². The van der Waals surface area contributed by atoms with Crippen LogP contribution in [0.1, 0.15) is 12.8 Å². The van der Waals surface area contributed by atoms with Gasteiger partial charge in [-0.25, -0.2) is 0 Å². The second-order valence-corrected chi connectivity index (χ2v) is 4.61. The molecule has 1 saturated carbocycles. The molecule has 2 rings (SSSR count). The van der Waals surface area contributed by atoms with Gasteiger partial charge in [0.05, 0.1) is 0 Å². The zero-order valence-corrected chi connectivity index (χ0v) is 12.1. The Hall–Kier alpha value is 0.200. The molecule has 0 bridgehead atoms. The Morgan fingerprint density at radius 2 is 1.88 bits per heavy atom. The van der Waals surface area contributed by atoms with Crippen molar-refractivity contribution in [3.8, 4) is 0 Å². The number of nitrogens with one attached hydrogen (secondary N) is 1. The second kappa shape index (κ2) is 9.17. The fourth-order valence-electron chi connectivity index (χ4n) is 2.23. The molecule has 5 heteroatoms. The Balaban J connectivity index is 0.00000128. The Morgan fingerprint density at radius 1 is 1.24 bits per heavy atom. The summed E-state index contributed by atoms with van der Waals surface area (Å²) in [5.41, 5.74) is 0. The van der Waals surface area contributed by atoms with Crippen LogP contribution in [-0.2, 0) is 0 Å². The van der Waals surface area contributed by atoms with Crippen LogP contribution in [0.4, 0.5) is 0 Å². The van der Waals surface area contributed by atoms with Crippen LogP contribution in [0.3, 0.4) is 0 Å². The lowest BCUT2D eigenvalue weighted by Gasteiger charge is -2.30. The number of piperazine rings is 1. The van der Waals surface area contributed by atoms with E-state index >= 15 is 0 Å². The van der Waals surface area contributed by atoms with Gasteiger partial charge in [0.1, 0.15) is 0 Å². The highest BCUT2D eigenvalue weighted by Crippen LogP contribution is 2.26. The molecule has 0 spiro atoms. The molecule has 2 aliphatic rings. The average Bonchev–Trinajstić information content (AvgIpc) is 3.09. The Kier molecular flexibility index (Phi) is 9.28. The first kappa shape index (κ1) is 17.2. The first-order valence-corrected chi connectivity index (χ1v) is 6.18. The third kappa shape index (κ3) is 6.07. The standard InChI is InChI=1S/C12H23N3.2ClH/c1-2-7-15(12-3-4-12)11-10-14-8-5-13-6-9-14;;/h2,12-13H,1,3-11H2;2*1H. The lowest BCUT2D eigenvalue weighted by molar-refractivity contribution is 0.193. The van der Waals surface area contributed by atoms with Crippen molar-refractivity contribution in [3.63, 3.8) is 0 Å². The molecular formula is C12H25Cl2N3. The van der Waals surface area contributed by atoms with E-state index in [4.69, 9.17) is 0 Å². The Labute approximate surface area is 117 Å². The molecule has 0 amide bonds. The molecule has 1 N–H and O–H groups in total. The summed E-state index contributed by atoms with van der Waals surface area (Å²) in [5, 5.41) is 3.39. The molecule has 17 heavy (non-hydrogen) atoms. The molecule has 102 valence electrons. The van der Waals surface area contributed by atoms with Gasteiger partial charge in [0.15, 0.2) is 0 Å². The van der Waals surface area contributed by atoms with Crippen molar-refractivity contribution in [1.29, 1.82) is 0 Å². The SMILES string of the molecule is C=CCN(CCN1CCNCC1)C1CC1.Cl.Cl. The molecule has 0 radical (unpaired) electrons. The summed E-state index contributed by atoms with van der Waals surface area (Å²) in [5.74, 6) is 0. The van der Waals surface area contributed by atoms with Gasteiger partial charge in [-0.15, -0.1) is 31.4 Å². The summed E-state index contributed by atoms with van der Waals surface area (Å²) in [6.45, 7) is 12.1. The van der Waals surface area contributed by atoms with E-state index in [9.17, 15) is 0 Å². The topological polar surface area (TPSA) is 18.5 Å². The van der Waals surface area contributed by atoms with Gasteiger partial charge in [0, 0.05) is 51.9 Å². The average molecular weight is 282 g/mol. The largest absolute Gasteiger partial charge is 0.314 e. The molecule has 1 heterocycles. The molecule has 0 aromatic rings. The van der Waals surface area contributed by atoms with E-state index in [1.165, 1.54) is 39.0 Å². The molecule has 0 unspecified atom stereocenters. The van der Waals surface area contributed by atoms with Crippen LogP contribution in [0.5, 0.6) is 0 Å². The highest BCUT2D eigenvalue weighted by atomic mass is 35.5. The first-order valence-electron chi connectivity index (χ1n) is 6.18. The predicted octanol–water partition coefficient (Wildman–Crippen LogP) is 1.39. The molecular weight excluding hydrogens is 257 g/mol. The van der Waals surface area contributed by atoms with E-state index in [1.807, 2.05) is 6.08 Å². The van der Waals surface area contributed by atoms with Gasteiger partial charge in [0.2, 0.25) is 0 Å². The van der Waals surface area contributed by atoms with Crippen LogP contribution < -0.4 is 5.32 Å². The molecule has 0 aromatic carbocycles. The summed E-state index contributed by atoms with van der Waals surface area (Å²) in [4.78, 5) is 5.14. The number of rotatable bonds is 6. The molecule has 3 nitrogen and oxygen atoms in total. The summed E-state index contributed by atoms with van der Waals surface area (Å²) in [6, 6.07) is 0.867. The fraction of sp³-hybridized carbons (Fsp3) is 0.833. The van der Waals surface area contributed by atoms with E-state index in [0.29, 0.717) is 0 Å². The van der Waals surface area contributed by atoms with Gasteiger partial charge < -0.3 is 5.32 Å². The molecule has 2 fully saturated rings. The minimum atomic E-state index is 0. The molecule has 1 aliphatic carbocycles. The smallest absolute Gasteiger partial charge is 0.0164 e. The van der Waals surface area contributed by atoms with Crippen molar-refractivity contribution in [3.05, 3.63) is 12.7 Å². The van der Waals surface area contributed by atoms with Crippen molar-refractivity contribution in [2.24, 2.45) is 0 Å². The summed E-state index contributed by atoms with van der Waals surface area (Å²) in [6.07, 6.45) is 4.83. The number of hydrogen-bond donors (Lipinski definition) is 1. The molecule has 0 aromatic heterocycles. The van der Waals surface area contributed by atoms with Crippen LogP contribution in [0, 0.1) is 0 Å². The maximum absolute atomic E-state index is 3.84. The van der Waals surface area contributed by atoms with Gasteiger partial charge in [-0.2, -0.15) is 0 Å². The van der Waals surface area contributed by atoms with Gasteiger partial charge in [-0.05, 0) is 12.8 Å². The predicted molar refractivity (Wildman–Crippen MR) is 78.6 cm³/mol.